The van der Waals surface area contributed by atoms with Crippen molar-refractivity contribution in [3.05, 3.63) is 47.8 Å². The van der Waals surface area contributed by atoms with Crippen molar-refractivity contribution in [3.63, 3.8) is 0 Å². The Labute approximate surface area is 168 Å². The minimum absolute atomic E-state index is 0.0673. The van der Waals surface area contributed by atoms with E-state index in [2.05, 4.69) is 45.5 Å². The Morgan fingerprint density at radius 3 is 2.50 bits per heavy atom. The van der Waals surface area contributed by atoms with Gasteiger partial charge in [-0.25, -0.2) is 4.68 Å². The fourth-order valence-corrected chi connectivity index (χ4v) is 4.77. The van der Waals surface area contributed by atoms with Crippen LogP contribution in [0.15, 0.2) is 36.5 Å². The molecule has 0 N–H and O–H groups in total. The summed E-state index contributed by atoms with van der Waals surface area (Å²) < 4.78 is 1.96. The topological polar surface area (TPSA) is 51.0 Å². The molecule has 1 aromatic carbocycles. The zero-order valence-electron chi connectivity index (χ0n) is 16.8. The van der Waals surface area contributed by atoms with E-state index in [0.29, 0.717) is 17.8 Å². The molecule has 1 saturated carbocycles. The van der Waals surface area contributed by atoms with Crippen molar-refractivity contribution in [1.82, 2.24) is 19.9 Å². The summed E-state index contributed by atoms with van der Waals surface area (Å²) in [4.78, 5) is 15.3. The Kier molecular flexibility index (Phi) is 6.40. The number of carbonyl (C=O) groups excluding carboxylic acids is 1. The van der Waals surface area contributed by atoms with E-state index in [1.165, 1.54) is 37.7 Å². The lowest BCUT2D eigenvalue weighted by Crippen LogP contribution is -2.44. The molecule has 2 fully saturated rings. The summed E-state index contributed by atoms with van der Waals surface area (Å²) in [6.07, 6.45) is 14.8. The summed E-state index contributed by atoms with van der Waals surface area (Å²) in [6.45, 7) is 0.842. The average Bonchev–Trinajstić information content (AvgIpc) is 3.08. The predicted molar refractivity (Wildman–Crippen MR) is 110 cm³/mol. The smallest absolute Gasteiger partial charge is 0.276 e. The molecule has 1 aliphatic carbocycles. The first-order valence-electron chi connectivity index (χ1n) is 11.1. The summed E-state index contributed by atoms with van der Waals surface area (Å²) in [5.41, 5.74) is 1.87. The molecule has 0 bridgehead atoms. The average molecular weight is 381 g/mol. The van der Waals surface area contributed by atoms with E-state index in [9.17, 15) is 4.79 Å². The fraction of sp³-hybridized carbons (Fsp3) is 0.609. The molecule has 4 rings (SSSR count). The Morgan fingerprint density at radius 1 is 0.964 bits per heavy atom. The van der Waals surface area contributed by atoms with Gasteiger partial charge in [-0.1, -0.05) is 61.2 Å². The molecule has 1 saturated heterocycles. The molecular weight excluding hydrogens is 348 g/mol. The van der Waals surface area contributed by atoms with Gasteiger partial charge in [0.2, 0.25) is 0 Å². The van der Waals surface area contributed by atoms with E-state index in [4.69, 9.17) is 0 Å². The summed E-state index contributed by atoms with van der Waals surface area (Å²) in [5.74, 6) is 0.0673. The number of aromatic nitrogens is 3. The standard InChI is InChI=1S/C23H32N4O/c28-23(22-18-27(25-24-22)21-13-6-1-2-7-14-21)26-17-9-8-12-20(26)16-15-19-10-4-3-5-11-19/h3-5,10-11,18,20-21H,1-2,6-9,12-17H2/t20-/m0/s1. The number of benzene rings is 1. The molecule has 2 aromatic rings. The van der Waals surface area contributed by atoms with Crippen LogP contribution in [0.2, 0.25) is 0 Å². The van der Waals surface area contributed by atoms with Gasteiger partial charge in [-0.15, -0.1) is 5.10 Å². The van der Waals surface area contributed by atoms with Crippen LogP contribution >= 0.6 is 0 Å². The molecule has 1 aromatic heterocycles. The highest BCUT2D eigenvalue weighted by Gasteiger charge is 2.29. The molecule has 0 unspecified atom stereocenters. The number of nitrogens with zero attached hydrogens (tertiary/aromatic N) is 4. The lowest BCUT2D eigenvalue weighted by atomic mass is 9.95. The summed E-state index contributed by atoms with van der Waals surface area (Å²) in [7, 11) is 0. The van der Waals surface area contributed by atoms with E-state index in [0.717, 1.165) is 45.1 Å². The third kappa shape index (κ3) is 4.62. The van der Waals surface area contributed by atoms with Crippen LogP contribution in [-0.4, -0.2) is 38.4 Å². The van der Waals surface area contributed by atoms with E-state index >= 15 is 0 Å². The zero-order valence-corrected chi connectivity index (χ0v) is 16.8. The van der Waals surface area contributed by atoms with Crippen LogP contribution in [0.25, 0.3) is 0 Å². The first kappa shape index (κ1) is 19.2. The predicted octanol–water partition coefficient (Wildman–Crippen LogP) is 4.80. The number of carbonyl (C=O) groups is 1. The highest BCUT2D eigenvalue weighted by molar-refractivity contribution is 5.92. The molecule has 28 heavy (non-hydrogen) atoms. The molecule has 0 spiro atoms. The number of amides is 1. The van der Waals surface area contributed by atoms with Gasteiger partial charge >= 0.3 is 0 Å². The first-order valence-corrected chi connectivity index (χ1v) is 11.1. The first-order chi connectivity index (χ1) is 13.8. The van der Waals surface area contributed by atoms with Crippen molar-refractivity contribution in [1.29, 1.82) is 0 Å². The highest BCUT2D eigenvalue weighted by atomic mass is 16.2. The summed E-state index contributed by atoms with van der Waals surface area (Å²) >= 11 is 0. The minimum atomic E-state index is 0.0673. The van der Waals surface area contributed by atoms with Gasteiger partial charge in [0.25, 0.3) is 5.91 Å². The van der Waals surface area contributed by atoms with Gasteiger partial charge in [0.1, 0.15) is 0 Å². The van der Waals surface area contributed by atoms with Gasteiger partial charge in [-0.3, -0.25) is 4.79 Å². The van der Waals surface area contributed by atoms with Gasteiger partial charge in [-0.2, -0.15) is 0 Å². The normalized spacial score (nSPS) is 21.4. The van der Waals surface area contributed by atoms with Crippen molar-refractivity contribution in [2.24, 2.45) is 0 Å². The molecule has 150 valence electrons. The zero-order chi connectivity index (χ0) is 19.2. The number of rotatable bonds is 5. The van der Waals surface area contributed by atoms with Crippen molar-refractivity contribution < 1.29 is 4.79 Å². The molecule has 5 heteroatoms. The van der Waals surface area contributed by atoms with Crippen molar-refractivity contribution in [2.75, 3.05) is 6.54 Å². The number of aryl methyl sites for hydroxylation is 1. The Bertz CT molecular complexity index is 749. The van der Waals surface area contributed by atoms with Crippen LogP contribution in [0, 0.1) is 0 Å². The molecule has 1 atom stereocenters. The second-order valence-electron chi connectivity index (χ2n) is 8.40. The Hall–Kier alpha value is -2.17. The maximum Gasteiger partial charge on any atom is 0.276 e. The lowest BCUT2D eigenvalue weighted by molar-refractivity contribution is 0.0595. The SMILES string of the molecule is O=C(c1cn(C2CCCCCC2)nn1)N1CCCC[C@H]1CCc1ccccc1. The number of likely N-dealkylation sites (tertiary alicyclic amines) is 1. The van der Waals surface area contributed by atoms with Gasteiger partial charge in [0, 0.05) is 12.6 Å². The maximum atomic E-state index is 13.2. The van der Waals surface area contributed by atoms with Crippen LogP contribution in [-0.2, 0) is 6.42 Å². The Balaban J connectivity index is 1.41. The second kappa shape index (κ2) is 9.35. The van der Waals surface area contributed by atoms with Crippen LogP contribution in [0.5, 0.6) is 0 Å². The molecule has 0 radical (unpaired) electrons. The lowest BCUT2D eigenvalue weighted by Gasteiger charge is -2.35. The third-order valence-corrected chi connectivity index (χ3v) is 6.43. The molecule has 2 aliphatic rings. The minimum Gasteiger partial charge on any atom is -0.334 e. The maximum absolute atomic E-state index is 13.2. The van der Waals surface area contributed by atoms with E-state index < -0.39 is 0 Å². The van der Waals surface area contributed by atoms with Crippen LogP contribution < -0.4 is 0 Å². The van der Waals surface area contributed by atoms with Crippen molar-refractivity contribution in [3.8, 4) is 0 Å². The van der Waals surface area contributed by atoms with Gasteiger partial charge in [0.15, 0.2) is 5.69 Å². The third-order valence-electron chi connectivity index (χ3n) is 6.43. The van der Waals surface area contributed by atoms with Crippen LogP contribution in [0.4, 0.5) is 0 Å². The van der Waals surface area contributed by atoms with Crippen molar-refractivity contribution in [2.45, 2.75) is 82.7 Å². The second-order valence-corrected chi connectivity index (χ2v) is 8.40. The largest absolute Gasteiger partial charge is 0.334 e. The fourth-order valence-electron chi connectivity index (χ4n) is 4.77. The Morgan fingerprint density at radius 2 is 1.71 bits per heavy atom. The van der Waals surface area contributed by atoms with Crippen LogP contribution in [0.1, 0.15) is 86.3 Å². The van der Waals surface area contributed by atoms with Gasteiger partial charge in [0.05, 0.1) is 12.2 Å². The van der Waals surface area contributed by atoms with E-state index in [1.807, 2.05) is 10.9 Å². The highest BCUT2D eigenvalue weighted by Crippen LogP contribution is 2.27. The number of hydrogen-bond donors (Lipinski definition) is 0. The van der Waals surface area contributed by atoms with Crippen LogP contribution in [0.3, 0.4) is 0 Å². The summed E-state index contributed by atoms with van der Waals surface area (Å²) in [5, 5.41) is 8.61. The number of hydrogen-bond acceptors (Lipinski definition) is 3. The van der Waals surface area contributed by atoms with Gasteiger partial charge in [-0.05, 0) is 50.5 Å². The summed E-state index contributed by atoms with van der Waals surface area (Å²) in [6, 6.07) is 11.3. The molecule has 1 aliphatic heterocycles. The quantitative estimate of drug-likeness (QED) is 0.700. The van der Waals surface area contributed by atoms with Crippen molar-refractivity contribution >= 4 is 5.91 Å². The molecule has 1 amide bonds. The monoisotopic (exact) mass is 380 g/mol. The van der Waals surface area contributed by atoms with E-state index in [1.54, 1.807) is 0 Å². The number of piperidine rings is 1. The molecular formula is C23H32N4O. The molecule has 5 nitrogen and oxygen atoms in total. The molecule has 2 heterocycles. The van der Waals surface area contributed by atoms with Gasteiger partial charge < -0.3 is 4.90 Å². The van der Waals surface area contributed by atoms with E-state index in [-0.39, 0.29) is 5.91 Å².